The summed E-state index contributed by atoms with van der Waals surface area (Å²) in [6, 6.07) is 8.38. The lowest BCUT2D eigenvalue weighted by atomic mass is 10.0. The summed E-state index contributed by atoms with van der Waals surface area (Å²) in [6.45, 7) is 13.9. The van der Waals surface area contributed by atoms with Gasteiger partial charge in [0.05, 0.1) is 12.2 Å². The summed E-state index contributed by atoms with van der Waals surface area (Å²) in [5.74, 6) is 0.513. The highest BCUT2D eigenvalue weighted by atomic mass is 79.9. The number of hydrogen-bond acceptors (Lipinski definition) is 2. The van der Waals surface area contributed by atoms with Gasteiger partial charge in [0.2, 0.25) is 0 Å². The Kier molecular flexibility index (Phi) is 6.70. The summed E-state index contributed by atoms with van der Waals surface area (Å²) >= 11 is 3.54. The first-order valence-electron chi connectivity index (χ1n) is 7.35. The first kappa shape index (κ1) is 17.7. The third-order valence-electron chi connectivity index (χ3n) is 3.36. The zero-order valence-electron chi connectivity index (χ0n) is 13.5. The van der Waals surface area contributed by atoms with Crippen LogP contribution < -0.4 is 5.32 Å². The molecule has 0 fully saturated rings. The Hall–Kier alpha value is -0.380. The van der Waals surface area contributed by atoms with Gasteiger partial charge in [-0.25, -0.2) is 0 Å². The standard InChI is InChI=1S/C17H28BrNO/c1-12(2)13(3)20-16(11-19-17(4,5)6)14-8-7-9-15(18)10-14/h7-10,12-13,16,19H,11H2,1-6H3. The molecule has 0 heterocycles. The third kappa shape index (κ3) is 6.38. The van der Waals surface area contributed by atoms with E-state index in [1.165, 1.54) is 5.56 Å². The Balaban J connectivity index is 2.83. The summed E-state index contributed by atoms with van der Waals surface area (Å²) in [4.78, 5) is 0. The fourth-order valence-corrected chi connectivity index (χ4v) is 2.18. The lowest BCUT2D eigenvalue weighted by molar-refractivity contribution is -0.0282. The van der Waals surface area contributed by atoms with Crippen LogP contribution in [0.5, 0.6) is 0 Å². The SMILES string of the molecule is CC(C)C(C)OC(CNC(C)(C)C)c1cccc(Br)c1. The highest BCUT2D eigenvalue weighted by Gasteiger charge is 2.20. The second-order valence-electron chi connectivity index (χ2n) is 6.76. The van der Waals surface area contributed by atoms with Crippen molar-refractivity contribution in [1.29, 1.82) is 0 Å². The van der Waals surface area contributed by atoms with E-state index in [-0.39, 0.29) is 17.7 Å². The minimum Gasteiger partial charge on any atom is -0.369 e. The van der Waals surface area contributed by atoms with Crippen molar-refractivity contribution in [2.24, 2.45) is 5.92 Å². The number of ether oxygens (including phenoxy) is 1. The van der Waals surface area contributed by atoms with Gasteiger partial charge in [0.25, 0.3) is 0 Å². The van der Waals surface area contributed by atoms with Crippen molar-refractivity contribution in [3.8, 4) is 0 Å². The maximum atomic E-state index is 6.26. The molecule has 1 aromatic rings. The molecular weight excluding hydrogens is 314 g/mol. The van der Waals surface area contributed by atoms with Gasteiger partial charge in [-0.3, -0.25) is 0 Å². The highest BCUT2D eigenvalue weighted by molar-refractivity contribution is 9.10. The van der Waals surface area contributed by atoms with Crippen molar-refractivity contribution in [3.63, 3.8) is 0 Å². The van der Waals surface area contributed by atoms with Crippen molar-refractivity contribution in [3.05, 3.63) is 34.3 Å². The summed E-state index contributed by atoms with van der Waals surface area (Å²) in [6.07, 6.45) is 0.310. The maximum Gasteiger partial charge on any atom is 0.0953 e. The number of benzene rings is 1. The first-order chi connectivity index (χ1) is 9.19. The van der Waals surface area contributed by atoms with E-state index in [1.807, 2.05) is 6.07 Å². The summed E-state index contributed by atoms with van der Waals surface area (Å²) in [5, 5.41) is 3.54. The second kappa shape index (κ2) is 7.58. The Morgan fingerprint density at radius 3 is 2.35 bits per heavy atom. The van der Waals surface area contributed by atoms with Crippen LogP contribution in [-0.4, -0.2) is 18.2 Å². The number of halogens is 1. The number of rotatable bonds is 6. The van der Waals surface area contributed by atoms with Crippen molar-refractivity contribution in [2.75, 3.05) is 6.54 Å². The molecule has 0 aliphatic carbocycles. The third-order valence-corrected chi connectivity index (χ3v) is 3.85. The number of nitrogens with one attached hydrogen (secondary N) is 1. The van der Waals surface area contributed by atoms with E-state index in [2.05, 4.69) is 81.0 Å². The average molecular weight is 342 g/mol. The molecular formula is C17H28BrNO. The Morgan fingerprint density at radius 2 is 1.85 bits per heavy atom. The van der Waals surface area contributed by atoms with Crippen LogP contribution in [0.4, 0.5) is 0 Å². The largest absolute Gasteiger partial charge is 0.369 e. The molecule has 0 saturated carbocycles. The Bertz CT molecular complexity index is 412. The lowest BCUT2D eigenvalue weighted by Crippen LogP contribution is -2.40. The van der Waals surface area contributed by atoms with Gasteiger partial charge < -0.3 is 10.1 Å². The Labute approximate surface area is 132 Å². The molecule has 0 amide bonds. The van der Waals surface area contributed by atoms with Crippen molar-refractivity contribution in [2.45, 2.75) is 59.3 Å². The van der Waals surface area contributed by atoms with Gasteiger partial charge in [-0.1, -0.05) is 41.9 Å². The van der Waals surface area contributed by atoms with Crippen LogP contribution in [0.3, 0.4) is 0 Å². The summed E-state index contributed by atoms with van der Waals surface area (Å²) in [5.41, 5.74) is 1.30. The molecule has 1 rings (SSSR count). The molecule has 20 heavy (non-hydrogen) atoms. The molecule has 2 atom stereocenters. The first-order valence-corrected chi connectivity index (χ1v) is 8.14. The van der Waals surface area contributed by atoms with Gasteiger partial charge in [0.1, 0.15) is 0 Å². The molecule has 2 unspecified atom stereocenters. The molecule has 0 bridgehead atoms. The van der Waals surface area contributed by atoms with E-state index in [4.69, 9.17) is 4.74 Å². The normalized spacial score (nSPS) is 15.4. The van der Waals surface area contributed by atoms with E-state index in [1.54, 1.807) is 0 Å². The molecule has 3 heteroatoms. The molecule has 0 aliphatic heterocycles. The topological polar surface area (TPSA) is 21.3 Å². The molecule has 1 aromatic carbocycles. The van der Waals surface area contributed by atoms with Gasteiger partial charge in [-0.15, -0.1) is 0 Å². The van der Waals surface area contributed by atoms with E-state index in [9.17, 15) is 0 Å². The predicted molar refractivity (Wildman–Crippen MR) is 90.0 cm³/mol. The van der Waals surface area contributed by atoms with Crippen LogP contribution in [0.1, 0.15) is 53.2 Å². The molecule has 0 saturated heterocycles. The van der Waals surface area contributed by atoms with E-state index in [0.717, 1.165) is 11.0 Å². The van der Waals surface area contributed by atoms with Crippen LogP contribution in [0.15, 0.2) is 28.7 Å². The summed E-state index contributed by atoms with van der Waals surface area (Å²) in [7, 11) is 0. The second-order valence-corrected chi connectivity index (χ2v) is 7.68. The predicted octanol–water partition coefficient (Wildman–Crippen LogP) is 4.94. The maximum absolute atomic E-state index is 6.26. The zero-order chi connectivity index (χ0) is 15.3. The molecule has 0 aliphatic rings. The van der Waals surface area contributed by atoms with Gasteiger partial charge in [0.15, 0.2) is 0 Å². The van der Waals surface area contributed by atoms with Crippen LogP contribution in [0, 0.1) is 5.92 Å². The zero-order valence-corrected chi connectivity index (χ0v) is 15.1. The smallest absolute Gasteiger partial charge is 0.0953 e. The van der Waals surface area contributed by atoms with Gasteiger partial charge in [0, 0.05) is 16.6 Å². The molecule has 0 spiro atoms. The van der Waals surface area contributed by atoms with E-state index >= 15 is 0 Å². The average Bonchev–Trinajstić information content (AvgIpc) is 2.32. The molecule has 0 radical (unpaired) electrons. The van der Waals surface area contributed by atoms with Gasteiger partial charge >= 0.3 is 0 Å². The minimum absolute atomic E-state index is 0.0733. The van der Waals surface area contributed by atoms with Crippen molar-refractivity contribution >= 4 is 15.9 Å². The van der Waals surface area contributed by atoms with Crippen molar-refractivity contribution < 1.29 is 4.74 Å². The fraction of sp³-hybridized carbons (Fsp3) is 0.647. The quantitative estimate of drug-likeness (QED) is 0.791. The van der Waals surface area contributed by atoms with Crippen LogP contribution in [-0.2, 0) is 4.74 Å². The van der Waals surface area contributed by atoms with Crippen molar-refractivity contribution in [1.82, 2.24) is 5.32 Å². The monoisotopic (exact) mass is 341 g/mol. The van der Waals surface area contributed by atoms with Crippen LogP contribution in [0.2, 0.25) is 0 Å². The van der Waals surface area contributed by atoms with Crippen LogP contribution in [0.25, 0.3) is 0 Å². The van der Waals surface area contributed by atoms with Crippen LogP contribution >= 0.6 is 15.9 Å². The Morgan fingerprint density at radius 1 is 1.20 bits per heavy atom. The highest BCUT2D eigenvalue weighted by Crippen LogP contribution is 2.24. The van der Waals surface area contributed by atoms with E-state index < -0.39 is 0 Å². The van der Waals surface area contributed by atoms with E-state index in [0.29, 0.717) is 5.92 Å². The van der Waals surface area contributed by atoms with Gasteiger partial charge in [-0.05, 0) is 51.3 Å². The fourth-order valence-electron chi connectivity index (χ4n) is 1.77. The molecule has 0 aromatic heterocycles. The molecule has 114 valence electrons. The van der Waals surface area contributed by atoms with Gasteiger partial charge in [-0.2, -0.15) is 0 Å². The summed E-state index contributed by atoms with van der Waals surface area (Å²) < 4.78 is 7.36. The minimum atomic E-state index is 0.0733. The molecule has 2 nitrogen and oxygen atoms in total. The lowest BCUT2D eigenvalue weighted by Gasteiger charge is -2.29. The number of hydrogen-bond donors (Lipinski definition) is 1. The molecule has 1 N–H and O–H groups in total.